The SMILES string of the molecule is COc1ccc(-c2cc(-c3ccc(C)cc3)c3c(N)c(C(=O)N4CCc5ccccc5C4)sc3n2)cc1. The third-order valence-electron chi connectivity index (χ3n) is 7.06. The summed E-state index contributed by atoms with van der Waals surface area (Å²) >= 11 is 1.38. The number of hydrogen-bond donors (Lipinski definition) is 1. The van der Waals surface area contributed by atoms with Crippen molar-refractivity contribution in [1.82, 2.24) is 9.88 Å². The van der Waals surface area contributed by atoms with Crippen LogP contribution in [0.1, 0.15) is 26.4 Å². The first kappa shape index (κ1) is 23.3. The Hall–Kier alpha value is -4.16. The van der Waals surface area contributed by atoms with Gasteiger partial charge in [-0.05, 0) is 65.9 Å². The lowest BCUT2D eigenvalue weighted by Crippen LogP contribution is -2.35. The number of amides is 1. The Morgan fingerprint density at radius 1 is 0.973 bits per heavy atom. The molecule has 2 aromatic heterocycles. The lowest BCUT2D eigenvalue weighted by Gasteiger charge is -2.28. The molecule has 0 fully saturated rings. The summed E-state index contributed by atoms with van der Waals surface area (Å²) in [5.41, 5.74) is 14.8. The van der Waals surface area contributed by atoms with Crippen LogP contribution in [-0.2, 0) is 13.0 Å². The van der Waals surface area contributed by atoms with Gasteiger partial charge in [-0.25, -0.2) is 4.98 Å². The van der Waals surface area contributed by atoms with E-state index in [4.69, 9.17) is 15.5 Å². The van der Waals surface area contributed by atoms with Gasteiger partial charge in [0, 0.05) is 24.0 Å². The zero-order chi connectivity index (χ0) is 25.5. The van der Waals surface area contributed by atoms with Crippen molar-refractivity contribution in [3.63, 3.8) is 0 Å². The van der Waals surface area contributed by atoms with Crippen molar-refractivity contribution in [3.05, 3.63) is 100 Å². The number of hydrogen-bond acceptors (Lipinski definition) is 5. The lowest BCUT2D eigenvalue weighted by molar-refractivity contribution is 0.0740. The van der Waals surface area contributed by atoms with Crippen LogP contribution in [0.5, 0.6) is 5.75 Å². The number of aromatic nitrogens is 1. The first-order chi connectivity index (χ1) is 18.0. The number of anilines is 1. The summed E-state index contributed by atoms with van der Waals surface area (Å²) in [5.74, 6) is 0.760. The maximum Gasteiger partial charge on any atom is 0.266 e. The fourth-order valence-electron chi connectivity index (χ4n) is 4.96. The molecule has 1 amide bonds. The molecule has 0 radical (unpaired) electrons. The number of nitrogens with two attached hydrogens (primary N) is 1. The molecule has 2 N–H and O–H groups in total. The van der Waals surface area contributed by atoms with E-state index < -0.39 is 0 Å². The Labute approximate surface area is 220 Å². The molecule has 0 atom stereocenters. The smallest absolute Gasteiger partial charge is 0.266 e. The first-order valence-corrected chi connectivity index (χ1v) is 13.1. The number of carbonyl (C=O) groups is 1. The predicted molar refractivity (Wildman–Crippen MR) is 151 cm³/mol. The molecule has 3 heterocycles. The monoisotopic (exact) mass is 505 g/mol. The standard InChI is InChI=1S/C31H27N3O2S/c1-19-7-9-21(10-8-19)25-17-26(22-11-13-24(36-2)14-12-22)33-30-27(25)28(32)29(37-30)31(35)34-16-15-20-5-3-4-6-23(20)18-34/h3-14,17H,15-16,18,32H2,1-2H3. The third-order valence-corrected chi connectivity index (χ3v) is 8.15. The first-order valence-electron chi connectivity index (χ1n) is 12.3. The van der Waals surface area contributed by atoms with Crippen molar-refractivity contribution in [1.29, 1.82) is 0 Å². The van der Waals surface area contributed by atoms with E-state index in [1.54, 1.807) is 7.11 Å². The van der Waals surface area contributed by atoms with Crippen molar-refractivity contribution in [3.8, 4) is 28.1 Å². The molecule has 0 saturated carbocycles. The van der Waals surface area contributed by atoms with Gasteiger partial charge in [0.05, 0.1) is 18.5 Å². The number of ether oxygens (including phenoxy) is 1. The van der Waals surface area contributed by atoms with Gasteiger partial charge < -0.3 is 15.4 Å². The lowest BCUT2D eigenvalue weighted by atomic mass is 9.98. The van der Waals surface area contributed by atoms with Gasteiger partial charge in [0.1, 0.15) is 15.5 Å². The van der Waals surface area contributed by atoms with E-state index in [1.807, 2.05) is 35.2 Å². The minimum absolute atomic E-state index is 0.0316. The number of nitrogen functional groups attached to an aromatic ring is 1. The second-order valence-corrected chi connectivity index (χ2v) is 10.4. The van der Waals surface area contributed by atoms with Gasteiger partial charge in [0.2, 0.25) is 0 Å². The number of fused-ring (bicyclic) bond motifs is 2. The Balaban J connectivity index is 1.47. The number of pyridine rings is 1. The summed E-state index contributed by atoms with van der Waals surface area (Å²) in [5, 5.41) is 0.840. The van der Waals surface area contributed by atoms with Crippen molar-refractivity contribution in [2.75, 3.05) is 19.4 Å². The highest BCUT2D eigenvalue weighted by atomic mass is 32.1. The molecule has 1 aliphatic rings. The number of benzene rings is 3. The summed E-state index contributed by atoms with van der Waals surface area (Å²) in [7, 11) is 1.66. The highest BCUT2D eigenvalue weighted by Crippen LogP contribution is 2.42. The molecule has 0 spiro atoms. The zero-order valence-corrected chi connectivity index (χ0v) is 21.6. The molecule has 0 bridgehead atoms. The van der Waals surface area contributed by atoms with Crippen LogP contribution < -0.4 is 10.5 Å². The number of methoxy groups -OCH3 is 1. The number of nitrogens with zero attached hydrogens (tertiary/aromatic N) is 2. The van der Waals surface area contributed by atoms with E-state index in [9.17, 15) is 4.79 Å². The molecule has 1 aliphatic heterocycles. The van der Waals surface area contributed by atoms with Crippen molar-refractivity contribution in [2.24, 2.45) is 0 Å². The van der Waals surface area contributed by atoms with Crippen LogP contribution in [0.25, 0.3) is 32.6 Å². The Bertz CT molecular complexity index is 1620. The third kappa shape index (κ3) is 4.23. The minimum atomic E-state index is -0.0316. The molecule has 6 heteroatoms. The molecular formula is C31H27N3O2S. The number of aryl methyl sites for hydroxylation is 1. The molecule has 5 nitrogen and oxygen atoms in total. The topological polar surface area (TPSA) is 68.5 Å². The summed E-state index contributed by atoms with van der Waals surface area (Å²) in [6.45, 7) is 3.35. The van der Waals surface area contributed by atoms with E-state index in [1.165, 1.54) is 28.0 Å². The summed E-state index contributed by atoms with van der Waals surface area (Å²) in [4.78, 5) is 21.9. The number of carbonyl (C=O) groups excluding carboxylic acids is 1. The highest BCUT2D eigenvalue weighted by molar-refractivity contribution is 7.21. The second kappa shape index (κ2) is 9.37. The minimum Gasteiger partial charge on any atom is -0.497 e. The maximum absolute atomic E-state index is 13.7. The normalized spacial score (nSPS) is 13.0. The maximum atomic E-state index is 13.7. The van der Waals surface area contributed by atoms with Gasteiger partial charge in [0.25, 0.3) is 5.91 Å². The molecule has 5 aromatic rings. The predicted octanol–water partition coefficient (Wildman–Crippen LogP) is 6.73. The molecule has 184 valence electrons. The van der Waals surface area contributed by atoms with Crippen molar-refractivity contribution >= 4 is 33.1 Å². The molecule has 37 heavy (non-hydrogen) atoms. The quantitative estimate of drug-likeness (QED) is 0.294. The zero-order valence-electron chi connectivity index (χ0n) is 20.8. The Morgan fingerprint density at radius 2 is 1.68 bits per heavy atom. The average Bonchev–Trinajstić information content (AvgIpc) is 3.28. The summed E-state index contributed by atoms with van der Waals surface area (Å²) in [6.07, 6.45) is 0.848. The van der Waals surface area contributed by atoms with Gasteiger partial charge in [-0.15, -0.1) is 11.3 Å². The Morgan fingerprint density at radius 3 is 2.41 bits per heavy atom. The van der Waals surface area contributed by atoms with Crippen LogP contribution in [-0.4, -0.2) is 29.4 Å². The van der Waals surface area contributed by atoms with Gasteiger partial charge >= 0.3 is 0 Å². The van der Waals surface area contributed by atoms with Gasteiger partial charge in [0.15, 0.2) is 0 Å². The summed E-state index contributed by atoms with van der Waals surface area (Å²) in [6, 6.07) is 26.6. The van der Waals surface area contributed by atoms with Crippen LogP contribution in [0.4, 0.5) is 5.69 Å². The molecule has 0 aliphatic carbocycles. The van der Waals surface area contributed by atoms with Crippen LogP contribution in [0.2, 0.25) is 0 Å². The number of thiophene rings is 1. The largest absolute Gasteiger partial charge is 0.497 e. The van der Waals surface area contributed by atoms with Crippen LogP contribution in [0.15, 0.2) is 78.9 Å². The highest BCUT2D eigenvalue weighted by Gasteiger charge is 2.27. The molecule has 6 rings (SSSR count). The van der Waals surface area contributed by atoms with E-state index in [-0.39, 0.29) is 5.91 Å². The molecule has 0 saturated heterocycles. The van der Waals surface area contributed by atoms with Crippen LogP contribution >= 0.6 is 11.3 Å². The molecular weight excluding hydrogens is 478 g/mol. The fourth-order valence-corrected chi connectivity index (χ4v) is 6.05. The van der Waals surface area contributed by atoms with Gasteiger partial charge in [-0.1, -0.05) is 54.1 Å². The van der Waals surface area contributed by atoms with Crippen molar-refractivity contribution < 1.29 is 9.53 Å². The van der Waals surface area contributed by atoms with Crippen LogP contribution in [0, 0.1) is 6.92 Å². The van der Waals surface area contributed by atoms with Gasteiger partial charge in [-0.3, -0.25) is 4.79 Å². The summed E-state index contributed by atoms with van der Waals surface area (Å²) < 4.78 is 5.33. The van der Waals surface area contributed by atoms with E-state index in [2.05, 4.69) is 55.5 Å². The van der Waals surface area contributed by atoms with Crippen molar-refractivity contribution in [2.45, 2.75) is 19.9 Å². The van der Waals surface area contributed by atoms with Gasteiger partial charge in [-0.2, -0.15) is 0 Å². The number of rotatable bonds is 4. The van der Waals surface area contributed by atoms with Crippen LogP contribution in [0.3, 0.4) is 0 Å². The fraction of sp³-hybridized carbons (Fsp3) is 0.161. The second-order valence-electron chi connectivity index (χ2n) is 9.42. The average molecular weight is 506 g/mol. The Kier molecular flexibility index (Phi) is 5.89. The van der Waals surface area contributed by atoms with E-state index >= 15 is 0 Å². The molecule has 0 unspecified atom stereocenters. The van der Waals surface area contributed by atoms with E-state index in [0.717, 1.165) is 44.8 Å². The van der Waals surface area contributed by atoms with E-state index in [0.29, 0.717) is 23.7 Å². The molecule has 3 aromatic carbocycles.